The molecule has 2 aliphatic carbocycles. The lowest BCUT2D eigenvalue weighted by atomic mass is 9.88. The molecule has 0 heterocycles. The van der Waals surface area contributed by atoms with Crippen molar-refractivity contribution in [2.45, 2.75) is 95.6 Å². The monoisotopic (exact) mass is 281 g/mol. The first-order valence-corrected chi connectivity index (χ1v) is 8.72. The van der Waals surface area contributed by atoms with E-state index < -0.39 is 0 Å². The van der Waals surface area contributed by atoms with E-state index in [1.165, 1.54) is 51.4 Å². The lowest BCUT2D eigenvalue weighted by Gasteiger charge is -2.35. The van der Waals surface area contributed by atoms with Gasteiger partial charge >= 0.3 is 5.97 Å². The summed E-state index contributed by atoms with van der Waals surface area (Å²) in [7, 11) is 0. The molecular formula is C17H31NO2. The van der Waals surface area contributed by atoms with Crippen LogP contribution in [0.1, 0.15) is 84.0 Å². The fourth-order valence-electron chi connectivity index (χ4n) is 3.82. The van der Waals surface area contributed by atoms with Crippen molar-refractivity contribution in [2.75, 3.05) is 6.61 Å². The Kier molecular flexibility index (Phi) is 6.34. The summed E-state index contributed by atoms with van der Waals surface area (Å²) in [5.74, 6) is 0.00569. The Bertz CT molecular complexity index is 287. The first-order chi connectivity index (χ1) is 9.77. The number of hydrogen-bond acceptors (Lipinski definition) is 3. The average molecular weight is 281 g/mol. The molecular weight excluding hydrogens is 250 g/mol. The van der Waals surface area contributed by atoms with Crippen molar-refractivity contribution in [3.63, 3.8) is 0 Å². The zero-order chi connectivity index (χ0) is 14.3. The summed E-state index contributed by atoms with van der Waals surface area (Å²) < 4.78 is 5.41. The predicted molar refractivity (Wildman–Crippen MR) is 81.7 cm³/mol. The van der Waals surface area contributed by atoms with Crippen LogP contribution in [0.5, 0.6) is 0 Å². The molecule has 20 heavy (non-hydrogen) atoms. The standard InChI is InChI=1S/C17H31NO2/c1-2-20-16(19)17(13-9-5-6-10-14-17)18-15-11-7-3-4-8-12-15/h15,18H,2-14H2,1H3. The van der Waals surface area contributed by atoms with E-state index in [9.17, 15) is 4.79 Å². The van der Waals surface area contributed by atoms with Gasteiger partial charge in [-0.05, 0) is 32.6 Å². The van der Waals surface area contributed by atoms with Crippen molar-refractivity contribution in [1.29, 1.82) is 0 Å². The van der Waals surface area contributed by atoms with E-state index in [1.807, 2.05) is 6.92 Å². The third-order valence-electron chi connectivity index (χ3n) is 4.96. The molecule has 0 bridgehead atoms. The fraction of sp³-hybridized carbons (Fsp3) is 0.941. The van der Waals surface area contributed by atoms with Gasteiger partial charge in [-0.2, -0.15) is 0 Å². The molecule has 2 fully saturated rings. The molecule has 0 atom stereocenters. The highest BCUT2D eigenvalue weighted by Gasteiger charge is 2.41. The molecule has 0 saturated heterocycles. The minimum atomic E-state index is -0.387. The van der Waals surface area contributed by atoms with Crippen LogP contribution in [0.3, 0.4) is 0 Å². The highest BCUT2D eigenvalue weighted by Crippen LogP contribution is 2.31. The Balaban J connectivity index is 2.05. The Hall–Kier alpha value is -0.570. The van der Waals surface area contributed by atoms with E-state index in [2.05, 4.69) is 5.32 Å². The number of nitrogens with one attached hydrogen (secondary N) is 1. The molecule has 2 aliphatic rings. The van der Waals surface area contributed by atoms with E-state index >= 15 is 0 Å². The Morgan fingerprint density at radius 3 is 2.10 bits per heavy atom. The first kappa shape index (κ1) is 15.8. The molecule has 116 valence electrons. The number of hydrogen-bond donors (Lipinski definition) is 1. The van der Waals surface area contributed by atoms with Gasteiger partial charge in [-0.1, -0.05) is 51.4 Å². The third kappa shape index (κ3) is 4.21. The number of ether oxygens (including phenoxy) is 1. The lowest BCUT2D eigenvalue weighted by Crippen LogP contribution is -2.56. The summed E-state index contributed by atoms with van der Waals surface area (Å²) in [6.45, 7) is 2.40. The second-order valence-electron chi connectivity index (χ2n) is 6.55. The molecule has 0 aliphatic heterocycles. The van der Waals surface area contributed by atoms with E-state index in [0.29, 0.717) is 12.6 Å². The van der Waals surface area contributed by atoms with Crippen molar-refractivity contribution >= 4 is 5.97 Å². The van der Waals surface area contributed by atoms with Crippen LogP contribution in [-0.4, -0.2) is 24.2 Å². The molecule has 0 spiro atoms. The largest absolute Gasteiger partial charge is 0.465 e. The van der Waals surface area contributed by atoms with Gasteiger partial charge in [-0.25, -0.2) is 0 Å². The maximum absolute atomic E-state index is 12.5. The van der Waals surface area contributed by atoms with Crippen LogP contribution < -0.4 is 5.32 Å². The Morgan fingerprint density at radius 1 is 1.00 bits per heavy atom. The lowest BCUT2D eigenvalue weighted by molar-refractivity contribution is -0.152. The van der Waals surface area contributed by atoms with E-state index in [0.717, 1.165) is 25.7 Å². The molecule has 3 heteroatoms. The third-order valence-corrected chi connectivity index (χ3v) is 4.96. The van der Waals surface area contributed by atoms with Crippen molar-refractivity contribution in [1.82, 2.24) is 5.32 Å². The summed E-state index contributed by atoms with van der Waals surface area (Å²) in [6.07, 6.45) is 14.5. The average Bonchev–Trinajstić information content (AvgIpc) is 2.83. The summed E-state index contributed by atoms with van der Waals surface area (Å²) >= 11 is 0. The molecule has 3 nitrogen and oxygen atoms in total. The van der Waals surface area contributed by atoms with Crippen LogP contribution in [-0.2, 0) is 9.53 Å². The predicted octanol–water partition coefficient (Wildman–Crippen LogP) is 3.95. The van der Waals surface area contributed by atoms with Gasteiger partial charge in [0.05, 0.1) is 6.61 Å². The van der Waals surface area contributed by atoms with Gasteiger partial charge in [0, 0.05) is 6.04 Å². The second kappa shape index (κ2) is 8.02. The van der Waals surface area contributed by atoms with Gasteiger partial charge < -0.3 is 4.74 Å². The van der Waals surface area contributed by atoms with Gasteiger partial charge in [0.2, 0.25) is 0 Å². The molecule has 1 N–H and O–H groups in total. The SMILES string of the molecule is CCOC(=O)C1(NC2CCCCCC2)CCCCCC1. The Labute approximate surface area is 123 Å². The number of carbonyl (C=O) groups excluding carboxylic acids is 1. The normalized spacial score (nSPS) is 24.6. The molecule has 2 saturated carbocycles. The highest BCUT2D eigenvalue weighted by atomic mass is 16.5. The summed E-state index contributed by atoms with van der Waals surface area (Å²) in [4.78, 5) is 12.5. The first-order valence-electron chi connectivity index (χ1n) is 8.72. The molecule has 0 aromatic rings. The quantitative estimate of drug-likeness (QED) is 0.626. The van der Waals surface area contributed by atoms with Crippen LogP contribution in [0.4, 0.5) is 0 Å². The van der Waals surface area contributed by atoms with Crippen molar-refractivity contribution in [2.24, 2.45) is 0 Å². The van der Waals surface area contributed by atoms with Crippen LogP contribution >= 0.6 is 0 Å². The van der Waals surface area contributed by atoms with Crippen LogP contribution in [0.25, 0.3) is 0 Å². The van der Waals surface area contributed by atoms with Crippen molar-refractivity contribution in [3.8, 4) is 0 Å². The van der Waals surface area contributed by atoms with Gasteiger partial charge in [0.25, 0.3) is 0 Å². The zero-order valence-corrected chi connectivity index (χ0v) is 13.1. The van der Waals surface area contributed by atoms with Gasteiger partial charge in [-0.3, -0.25) is 10.1 Å². The number of esters is 1. The molecule has 0 aromatic carbocycles. The van der Waals surface area contributed by atoms with Gasteiger partial charge in [0.1, 0.15) is 5.54 Å². The maximum Gasteiger partial charge on any atom is 0.326 e. The molecule has 2 rings (SSSR count). The van der Waals surface area contributed by atoms with Gasteiger partial charge in [-0.15, -0.1) is 0 Å². The minimum Gasteiger partial charge on any atom is -0.465 e. The van der Waals surface area contributed by atoms with Crippen molar-refractivity contribution < 1.29 is 9.53 Å². The summed E-state index contributed by atoms with van der Waals surface area (Å²) in [5.41, 5.74) is -0.387. The summed E-state index contributed by atoms with van der Waals surface area (Å²) in [6, 6.07) is 0.514. The smallest absolute Gasteiger partial charge is 0.326 e. The second-order valence-corrected chi connectivity index (χ2v) is 6.55. The minimum absolute atomic E-state index is 0.00569. The molecule has 0 unspecified atom stereocenters. The van der Waals surface area contributed by atoms with Crippen LogP contribution in [0, 0.1) is 0 Å². The van der Waals surface area contributed by atoms with Crippen molar-refractivity contribution in [3.05, 3.63) is 0 Å². The highest BCUT2D eigenvalue weighted by molar-refractivity contribution is 5.81. The molecule has 0 radical (unpaired) electrons. The number of carbonyl (C=O) groups is 1. The Morgan fingerprint density at radius 2 is 1.55 bits per heavy atom. The van der Waals surface area contributed by atoms with E-state index in [4.69, 9.17) is 4.74 Å². The number of rotatable bonds is 4. The fourth-order valence-corrected chi connectivity index (χ4v) is 3.82. The molecule has 0 amide bonds. The van der Waals surface area contributed by atoms with E-state index in [-0.39, 0.29) is 11.5 Å². The van der Waals surface area contributed by atoms with Gasteiger partial charge in [0.15, 0.2) is 0 Å². The van der Waals surface area contributed by atoms with Crippen LogP contribution in [0.2, 0.25) is 0 Å². The van der Waals surface area contributed by atoms with E-state index in [1.54, 1.807) is 0 Å². The molecule has 0 aromatic heterocycles. The summed E-state index contributed by atoms with van der Waals surface area (Å²) in [5, 5.41) is 3.76. The topological polar surface area (TPSA) is 38.3 Å². The maximum atomic E-state index is 12.5. The van der Waals surface area contributed by atoms with Crippen LogP contribution in [0.15, 0.2) is 0 Å². The zero-order valence-electron chi connectivity index (χ0n) is 13.1.